The molecule has 27 nitrogen and oxygen atoms in total. The van der Waals surface area contributed by atoms with Crippen molar-refractivity contribution in [3.8, 4) is 34.5 Å². The predicted octanol–water partition coefficient (Wildman–Crippen LogP) is 14.4. The summed E-state index contributed by atoms with van der Waals surface area (Å²) in [5, 5.41) is 9.62. The predicted molar refractivity (Wildman–Crippen MR) is 412 cm³/mol. The van der Waals surface area contributed by atoms with Crippen LogP contribution >= 0.6 is 11.6 Å². The number of allylic oxidation sites excluding steroid dienone is 3. The molecule has 0 spiro atoms. The number of anilines is 12. The van der Waals surface area contributed by atoms with Crippen LogP contribution in [0.4, 0.5) is 97.0 Å². The second kappa shape index (κ2) is 35.1. The Morgan fingerprint density at radius 1 is 0.500 bits per heavy atom. The lowest BCUT2D eigenvalue weighted by Gasteiger charge is -2.36. The van der Waals surface area contributed by atoms with Gasteiger partial charge in [0.15, 0.2) is 40.5 Å². The van der Waals surface area contributed by atoms with Crippen molar-refractivity contribution in [2.75, 3.05) is 115 Å². The minimum atomic E-state index is -0.784. The maximum absolute atomic E-state index is 15.3. The summed E-state index contributed by atoms with van der Waals surface area (Å²) in [4.78, 5) is 111. The maximum atomic E-state index is 15.3. The molecule has 6 amide bonds. The SMILES string of the molecule is C=CC(=O)Cc1ccccc1Nc1ncc2c(n1)N(C)C(=O)N(c1cc(OC)cc(OC)c1F)C2.C=CC(=O)Cc1ccccc1Nc1ncc2c(n1)N(CC1CC1)C(=O)N(c1cc(OC)cc(OC)c1F)C2.C=CC(=O)Cc1ccccc1Nc1ncc2c(n1)N(CCF)C(=O)N(c1cc(OC)cc(OC)c1Cl)C2. The molecule has 0 radical (unpaired) electrons. The van der Waals surface area contributed by atoms with E-state index in [-0.39, 0.29) is 114 Å². The van der Waals surface area contributed by atoms with Gasteiger partial charge in [0.05, 0.1) is 85.9 Å². The minimum Gasteiger partial charge on any atom is -0.497 e. The molecule has 3 N–H and O–H groups in total. The number of rotatable bonds is 28. The van der Waals surface area contributed by atoms with Crippen LogP contribution in [0.3, 0.4) is 0 Å². The van der Waals surface area contributed by atoms with Crippen LogP contribution in [0.5, 0.6) is 34.5 Å². The molecule has 13 rings (SSSR count). The molecule has 3 aliphatic heterocycles. The van der Waals surface area contributed by atoms with Crippen LogP contribution in [-0.4, -0.2) is 135 Å². The van der Waals surface area contributed by atoms with Crippen LogP contribution in [0, 0.1) is 17.6 Å². The molecule has 1 aliphatic carbocycles. The number of carbonyl (C=O) groups is 6. The number of ether oxygens (including phenoxy) is 6. The van der Waals surface area contributed by atoms with E-state index in [0.29, 0.717) is 92.5 Å². The molecule has 0 bridgehead atoms. The van der Waals surface area contributed by atoms with Crippen molar-refractivity contribution < 1.29 is 70.4 Å². The van der Waals surface area contributed by atoms with Gasteiger partial charge in [0, 0.05) is 122 Å². The summed E-state index contributed by atoms with van der Waals surface area (Å²) in [6.45, 7) is 10.3. The van der Waals surface area contributed by atoms with E-state index in [1.165, 1.54) is 110 Å². The van der Waals surface area contributed by atoms with Crippen molar-refractivity contribution >= 4 is 116 Å². The Balaban J connectivity index is 0.000000164. The molecule has 31 heteroatoms. The van der Waals surface area contributed by atoms with Crippen LogP contribution in [-0.2, 0) is 53.3 Å². The summed E-state index contributed by atoms with van der Waals surface area (Å²) in [5.41, 5.74) is 6.56. The fourth-order valence-electron chi connectivity index (χ4n) is 12.1. The number of alkyl halides is 1. The second-order valence-electron chi connectivity index (χ2n) is 25.1. The third kappa shape index (κ3) is 17.5. The number of nitrogens with one attached hydrogen (secondary N) is 3. The highest BCUT2D eigenvalue weighted by Crippen LogP contribution is 2.45. The van der Waals surface area contributed by atoms with E-state index in [4.69, 9.17) is 40.0 Å². The molecule has 568 valence electrons. The van der Waals surface area contributed by atoms with Gasteiger partial charge in [-0.1, -0.05) is 85.9 Å². The number of nitrogens with zero attached hydrogens (tertiary/aromatic N) is 12. The van der Waals surface area contributed by atoms with Crippen LogP contribution in [0.15, 0.2) is 166 Å². The molecule has 4 aliphatic rings. The first-order valence-corrected chi connectivity index (χ1v) is 34.7. The number of para-hydroxylation sites is 3. The molecule has 0 unspecified atom stereocenters. The second-order valence-corrected chi connectivity index (χ2v) is 25.4. The monoisotopic (exact) mass is 1520 g/mol. The highest BCUT2D eigenvalue weighted by atomic mass is 35.5. The van der Waals surface area contributed by atoms with Gasteiger partial charge in [-0.25, -0.2) is 42.5 Å². The number of hydrogen-bond acceptors (Lipinski definition) is 21. The molecular formula is C79H77ClF3N15O12. The van der Waals surface area contributed by atoms with Crippen molar-refractivity contribution in [3.63, 3.8) is 0 Å². The number of carbonyl (C=O) groups excluding carboxylic acids is 6. The van der Waals surface area contributed by atoms with Gasteiger partial charge >= 0.3 is 18.1 Å². The van der Waals surface area contributed by atoms with Gasteiger partial charge in [0.25, 0.3) is 0 Å². The average molecular weight is 1520 g/mol. The van der Waals surface area contributed by atoms with Crippen molar-refractivity contribution in [3.05, 3.63) is 216 Å². The van der Waals surface area contributed by atoms with Crippen molar-refractivity contribution in [2.24, 2.45) is 5.92 Å². The lowest BCUT2D eigenvalue weighted by molar-refractivity contribution is -0.114. The van der Waals surface area contributed by atoms with Crippen LogP contribution in [0.2, 0.25) is 5.02 Å². The lowest BCUT2D eigenvalue weighted by Crippen LogP contribution is -2.49. The third-order valence-electron chi connectivity index (χ3n) is 18.0. The van der Waals surface area contributed by atoms with Crippen LogP contribution in [0.1, 0.15) is 46.2 Å². The van der Waals surface area contributed by atoms with Gasteiger partial charge in [-0.05, 0) is 71.9 Å². The van der Waals surface area contributed by atoms with Crippen molar-refractivity contribution in [1.82, 2.24) is 29.9 Å². The molecule has 0 saturated heterocycles. The number of aromatic nitrogens is 6. The molecule has 1 saturated carbocycles. The average Bonchev–Trinajstić information content (AvgIpc) is 1.32. The van der Waals surface area contributed by atoms with Crippen LogP contribution in [0.25, 0.3) is 0 Å². The Kier molecular flexibility index (Phi) is 24.9. The minimum absolute atomic E-state index is 0.0175. The largest absolute Gasteiger partial charge is 0.497 e. The number of fused-ring (bicyclic) bond motifs is 3. The Bertz CT molecular complexity index is 5050. The summed E-state index contributed by atoms with van der Waals surface area (Å²) < 4.78 is 75.4. The molecular weight excluding hydrogens is 1440 g/mol. The van der Waals surface area contributed by atoms with E-state index >= 15 is 8.78 Å². The Morgan fingerprint density at radius 2 is 0.855 bits per heavy atom. The highest BCUT2D eigenvalue weighted by molar-refractivity contribution is 6.35. The number of ketones is 3. The molecule has 9 aromatic rings. The summed E-state index contributed by atoms with van der Waals surface area (Å²) in [6, 6.07) is 29.5. The van der Waals surface area contributed by atoms with Crippen LogP contribution < -0.4 is 73.8 Å². The van der Waals surface area contributed by atoms with E-state index in [1.807, 2.05) is 66.7 Å². The summed E-state index contributed by atoms with van der Waals surface area (Å²) >= 11 is 6.53. The molecule has 1 fully saturated rings. The van der Waals surface area contributed by atoms with Gasteiger partial charge in [-0.15, -0.1) is 0 Å². The number of benzene rings is 6. The van der Waals surface area contributed by atoms with Gasteiger partial charge < -0.3 is 44.4 Å². The van der Waals surface area contributed by atoms with E-state index in [9.17, 15) is 33.2 Å². The van der Waals surface area contributed by atoms with Gasteiger partial charge in [0.2, 0.25) is 17.8 Å². The molecule has 0 atom stereocenters. The first-order valence-electron chi connectivity index (χ1n) is 34.3. The Morgan fingerprint density at radius 3 is 1.25 bits per heavy atom. The molecule has 6 aromatic carbocycles. The lowest BCUT2D eigenvalue weighted by atomic mass is 10.1. The molecule has 3 aromatic heterocycles. The first-order chi connectivity index (χ1) is 53.2. The highest BCUT2D eigenvalue weighted by Gasteiger charge is 2.40. The maximum Gasteiger partial charge on any atom is 0.330 e. The smallest absolute Gasteiger partial charge is 0.330 e. The quantitative estimate of drug-likeness (QED) is 0.0384. The topological polar surface area (TPSA) is 291 Å². The summed E-state index contributed by atoms with van der Waals surface area (Å²) in [5.74, 6) is 2.00. The fraction of sp³-hybridized carbons (Fsp3) is 0.241. The van der Waals surface area contributed by atoms with E-state index in [1.54, 1.807) is 48.7 Å². The summed E-state index contributed by atoms with van der Waals surface area (Å²) in [7, 11) is 10.1. The van der Waals surface area contributed by atoms with Crippen molar-refractivity contribution in [2.45, 2.75) is 51.7 Å². The Hall–Kier alpha value is -13.1. The number of halogens is 4. The van der Waals surface area contributed by atoms with E-state index in [2.05, 4.69) is 65.6 Å². The number of amides is 6. The van der Waals surface area contributed by atoms with Crippen molar-refractivity contribution in [1.29, 1.82) is 0 Å². The van der Waals surface area contributed by atoms with Gasteiger partial charge in [-0.3, -0.25) is 43.8 Å². The standard InChI is InChI=1S/C28H28FN5O4.C26H25ClFN5O4.C25H24FN5O4/c1-4-20(35)11-18-7-5-6-8-22(18)31-27-30-14-19-16-33(23-12-21(37-2)13-24(38-3)25(23)29)28(36)34(26(19)32-27)15-17-9-10-17;1-4-18(34)11-16-7-5-6-8-20(16)30-25-29-14-17-15-33(26(35)32(10-9-28)24(17)31-25)21-12-19(36-2)13-22(37-3)23(21)27;1-5-17(32)10-15-8-6-7-9-19(15)28-24-27-13-16-14-31(25(33)30(2)23(16)29-24)20-11-18(34-3)12-21(35-4)22(20)26/h4-8,12-14,17H,1,9-11,15-16H2,2-3H3,(H,30,31,32);4-8,12-14H,1,9-11,15H2,2-3H3,(H,29,30,31);5-9,11-13H,1,10,14H2,2-4H3,(H,27,28,29). The zero-order chi connectivity index (χ0) is 78.4. The third-order valence-corrected chi connectivity index (χ3v) is 18.4. The van der Waals surface area contributed by atoms with E-state index < -0.39 is 30.4 Å². The van der Waals surface area contributed by atoms with Gasteiger partial charge in [-0.2, -0.15) is 15.0 Å². The molecule has 110 heavy (non-hydrogen) atoms. The first kappa shape index (κ1) is 78.0. The Labute approximate surface area is 636 Å². The summed E-state index contributed by atoms with van der Waals surface area (Å²) in [6.07, 6.45) is 11.2. The number of hydrogen-bond donors (Lipinski definition) is 3. The number of urea groups is 3. The molecule has 6 heterocycles. The van der Waals surface area contributed by atoms with E-state index in [0.717, 1.165) is 29.5 Å². The fourth-order valence-corrected chi connectivity index (χ4v) is 12.4. The zero-order valence-electron chi connectivity index (χ0n) is 61.1. The zero-order valence-corrected chi connectivity index (χ0v) is 61.9. The van der Waals surface area contributed by atoms with Gasteiger partial charge in [0.1, 0.15) is 52.1 Å². The number of methoxy groups -OCH3 is 6. The normalized spacial score (nSPS) is 13.4.